The standard InChI is InChI=1S/C17H21N4O13P3/c18-15-12-10(9-4-2-1-3-5-9)6-21(16(12)20-8-19-15)17-14(23)13(22)11(32-17)7-31-36(27,28)34-37(29,30)33-35(24,25)26/h1-6,8,11,13-14,17,22-23H,7H2,(H,27,28)(H,29,30)(H2,18,19,20)(H2,24,25,26). The van der Waals surface area contributed by atoms with Crippen molar-refractivity contribution in [2.45, 2.75) is 24.5 Å². The summed E-state index contributed by atoms with van der Waals surface area (Å²) in [4.78, 5) is 44.3. The second-order valence-electron chi connectivity index (χ2n) is 7.71. The van der Waals surface area contributed by atoms with Gasteiger partial charge in [0.05, 0.1) is 12.0 Å². The molecule has 0 bridgehead atoms. The van der Waals surface area contributed by atoms with E-state index in [4.69, 9.17) is 20.3 Å². The van der Waals surface area contributed by atoms with E-state index in [0.717, 1.165) is 5.56 Å². The Balaban J connectivity index is 1.56. The van der Waals surface area contributed by atoms with Crippen LogP contribution in [0.5, 0.6) is 0 Å². The van der Waals surface area contributed by atoms with Gasteiger partial charge in [-0.3, -0.25) is 4.52 Å². The molecule has 8 N–H and O–H groups in total. The largest absolute Gasteiger partial charge is 0.490 e. The summed E-state index contributed by atoms with van der Waals surface area (Å²) < 4.78 is 53.0. The molecule has 202 valence electrons. The van der Waals surface area contributed by atoms with Crippen molar-refractivity contribution in [3.63, 3.8) is 0 Å². The first-order chi connectivity index (χ1) is 17.2. The van der Waals surface area contributed by atoms with Gasteiger partial charge in [0.25, 0.3) is 0 Å². The van der Waals surface area contributed by atoms with Crippen LogP contribution >= 0.6 is 23.5 Å². The molecule has 3 aromatic rings. The van der Waals surface area contributed by atoms with Crippen molar-refractivity contribution in [1.29, 1.82) is 0 Å². The lowest BCUT2D eigenvalue weighted by atomic mass is 10.1. The highest BCUT2D eigenvalue weighted by Gasteiger charge is 2.47. The van der Waals surface area contributed by atoms with Gasteiger partial charge in [-0.25, -0.2) is 23.7 Å². The fraction of sp³-hybridized carbons (Fsp3) is 0.294. The van der Waals surface area contributed by atoms with E-state index in [1.165, 1.54) is 10.9 Å². The van der Waals surface area contributed by atoms with E-state index in [-0.39, 0.29) is 11.5 Å². The molecular formula is C17H21N4O13P3. The van der Waals surface area contributed by atoms with E-state index in [1.807, 2.05) is 6.07 Å². The summed E-state index contributed by atoms with van der Waals surface area (Å²) in [6.07, 6.45) is -3.30. The molecule has 1 aromatic carbocycles. The van der Waals surface area contributed by atoms with Gasteiger partial charge in [0, 0.05) is 11.8 Å². The van der Waals surface area contributed by atoms with Crippen LogP contribution in [-0.4, -0.2) is 69.2 Å². The van der Waals surface area contributed by atoms with Gasteiger partial charge in [0.1, 0.15) is 36.1 Å². The molecule has 1 aliphatic heterocycles. The summed E-state index contributed by atoms with van der Waals surface area (Å²) in [5.41, 5.74) is 7.65. The number of aliphatic hydroxyl groups is 2. The zero-order valence-electron chi connectivity index (χ0n) is 18.4. The van der Waals surface area contributed by atoms with Gasteiger partial charge in [-0.05, 0) is 5.56 Å². The second kappa shape index (κ2) is 10.2. The van der Waals surface area contributed by atoms with Crippen LogP contribution in [0.1, 0.15) is 6.23 Å². The molecular weight excluding hydrogens is 561 g/mol. The molecule has 0 aliphatic carbocycles. The SMILES string of the molecule is Nc1ncnc2c1c(-c1ccccc1)cn2C1OC(COP(=O)(O)OP(=O)(O)OP(=O)(O)O)C(O)C1O. The minimum absolute atomic E-state index is 0.139. The zero-order chi connectivity index (χ0) is 27.2. The summed E-state index contributed by atoms with van der Waals surface area (Å²) in [6, 6.07) is 9.00. The number of nitrogens with zero attached hydrogens (tertiary/aromatic N) is 3. The fourth-order valence-corrected chi connectivity index (χ4v) is 6.74. The summed E-state index contributed by atoms with van der Waals surface area (Å²) in [5.74, 6) is 0.139. The Labute approximate surface area is 207 Å². The van der Waals surface area contributed by atoms with Crippen LogP contribution < -0.4 is 5.73 Å². The van der Waals surface area contributed by atoms with Gasteiger partial charge < -0.3 is 44.8 Å². The number of aromatic nitrogens is 3. The molecule has 1 aliphatic rings. The van der Waals surface area contributed by atoms with E-state index < -0.39 is 54.6 Å². The molecule has 6 atom stereocenters. The van der Waals surface area contributed by atoms with Gasteiger partial charge >= 0.3 is 23.5 Å². The van der Waals surface area contributed by atoms with Crippen LogP contribution in [0, 0.1) is 0 Å². The number of hydrogen-bond acceptors (Lipinski definition) is 12. The van der Waals surface area contributed by atoms with Crippen LogP contribution in [-0.2, 0) is 31.6 Å². The lowest BCUT2D eigenvalue weighted by Crippen LogP contribution is -2.33. The number of rotatable bonds is 9. The van der Waals surface area contributed by atoms with E-state index >= 15 is 0 Å². The van der Waals surface area contributed by atoms with Gasteiger partial charge in [-0.2, -0.15) is 8.62 Å². The van der Waals surface area contributed by atoms with Crippen LogP contribution in [0.3, 0.4) is 0 Å². The third-order valence-electron chi connectivity index (χ3n) is 5.15. The molecule has 4 rings (SSSR count). The molecule has 17 nitrogen and oxygen atoms in total. The normalized spacial score (nSPS) is 25.7. The number of anilines is 1. The van der Waals surface area contributed by atoms with Crippen molar-refractivity contribution in [2.24, 2.45) is 0 Å². The Bertz CT molecular complexity index is 1430. The van der Waals surface area contributed by atoms with Crippen LogP contribution in [0.2, 0.25) is 0 Å². The van der Waals surface area contributed by atoms with Crippen LogP contribution in [0.4, 0.5) is 5.82 Å². The maximum absolute atomic E-state index is 12.0. The highest BCUT2D eigenvalue weighted by atomic mass is 31.3. The Morgan fingerprint density at radius 1 is 0.973 bits per heavy atom. The van der Waals surface area contributed by atoms with Crippen molar-refractivity contribution >= 4 is 40.3 Å². The molecule has 1 saturated heterocycles. The molecule has 2 aromatic heterocycles. The first-order valence-corrected chi connectivity index (χ1v) is 14.7. The summed E-state index contributed by atoms with van der Waals surface area (Å²) in [5, 5.41) is 21.5. The minimum atomic E-state index is -5.73. The van der Waals surface area contributed by atoms with Crippen molar-refractivity contribution in [3.8, 4) is 11.1 Å². The number of nitrogen functional groups attached to an aromatic ring is 1. The second-order valence-corrected chi connectivity index (χ2v) is 12.1. The number of ether oxygens (including phenoxy) is 1. The quantitative estimate of drug-likeness (QED) is 0.171. The molecule has 1 fully saturated rings. The third kappa shape index (κ3) is 6.33. The highest BCUT2D eigenvalue weighted by molar-refractivity contribution is 7.66. The maximum Gasteiger partial charge on any atom is 0.490 e. The van der Waals surface area contributed by atoms with Crippen molar-refractivity contribution in [1.82, 2.24) is 14.5 Å². The van der Waals surface area contributed by atoms with Gasteiger partial charge in [0.15, 0.2) is 6.23 Å². The van der Waals surface area contributed by atoms with Crippen LogP contribution in [0.15, 0.2) is 42.9 Å². The first-order valence-electron chi connectivity index (χ1n) is 10.1. The molecule has 0 amide bonds. The molecule has 0 radical (unpaired) electrons. The van der Waals surface area contributed by atoms with Crippen molar-refractivity contribution in [3.05, 3.63) is 42.9 Å². The minimum Gasteiger partial charge on any atom is -0.387 e. The number of hydrogen-bond donors (Lipinski definition) is 7. The lowest BCUT2D eigenvalue weighted by Gasteiger charge is -2.19. The molecule has 6 unspecified atom stereocenters. The smallest absolute Gasteiger partial charge is 0.387 e. The monoisotopic (exact) mass is 582 g/mol. The first kappa shape index (κ1) is 28.0. The lowest BCUT2D eigenvalue weighted by molar-refractivity contribution is -0.0500. The highest BCUT2D eigenvalue weighted by Crippen LogP contribution is 2.66. The van der Waals surface area contributed by atoms with Gasteiger partial charge in [0.2, 0.25) is 0 Å². The molecule has 20 heteroatoms. The molecule has 0 spiro atoms. The fourth-order valence-electron chi connectivity index (χ4n) is 3.71. The van der Waals surface area contributed by atoms with Gasteiger partial charge in [-0.15, -0.1) is 0 Å². The molecule has 0 saturated carbocycles. The predicted octanol–water partition coefficient (Wildman–Crippen LogP) is 0.643. The summed E-state index contributed by atoms with van der Waals surface area (Å²) in [6.45, 7) is -0.958. The Morgan fingerprint density at radius 2 is 1.65 bits per heavy atom. The Morgan fingerprint density at radius 3 is 2.30 bits per heavy atom. The maximum atomic E-state index is 12.0. The Kier molecular flexibility index (Phi) is 7.74. The topological polar surface area (TPSA) is 266 Å². The average Bonchev–Trinajstić information content (AvgIpc) is 3.29. The molecule has 37 heavy (non-hydrogen) atoms. The summed E-state index contributed by atoms with van der Waals surface area (Å²) >= 11 is 0. The predicted molar refractivity (Wildman–Crippen MR) is 123 cm³/mol. The van der Waals surface area contributed by atoms with E-state index in [1.54, 1.807) is 30.5 Å². The number of phosphoric acid groups is 3. The average molecular weight is 582 g/mol. The summed E-state index contributed by atoms with van der Waals surface area (Å²) in [7, 11) is -16.8. The molecule has 3 heterocycles. The number of benzene rings is 1. The Hall–Kier alpha value is -2.07. The number of phosphoric ester groups is 1. The third-order valence-corrected chi connectivity index (χ3v) is 8.96. The van der Waals surface area contributed by atoms with Gasteiger partial charge in [-0.1, -0.05) is 30.3 Å². The zero-order valence-corrected chi connectivity index (χ0v) is 21.0. The van der Waals surface area contributed by atoms with Crippen LogP contribution in [0.25, 0.3) is 22.2 Å². The van der Waals surface area contributed by atoms with Crippen molar-refractivity contribution < 1.29 is 61.4 Å². The van der Waals surface area contributed by atoms with E-state index in [9.17, 15) is 33.7 Å². The number of fused-ring (bicyclic) bond motifs is 1. The number of nitrogens with two attached hydrogens (primary N) is 1. The number of aliphatic hydroxyl groups excluding tert-OH is 2. The van der Waals surface area contributed by atoms with Crippen molar-refractivity contribution in [2.75, 3.05) is 12.3 Å². The van der Waals surface area contributed by atoms with E-state index in [0.29, 0.717) is 10.9 Å². The van der Waals surface area contributed by atoms with E-state index in [2.05, 4.69) is 23.1 Å².